The number of hydrogen-bond donors (Lipinski definition) is 2. The molecule has 0 aliphatic heterocycles. The molecule has 3 atom stereocenters. The predicted octanol–water partition coefficient (Wildman–Crippen LogP) is 11.8. The van der Waals surface area contributed by atoms with Gasteiger partial charge in [0, 0.05) is 6.42 Å². The highest BCUT2D eigenvalue weighted by molar-refractivity contribution is 7.45. The van der Waals surface area contributed by atoms with Crippen molar-refractivity contribution in [1.82, 2.24) is 5.32 Å². The first kappa shape index (κ1) is 53.5. The number of quaternary nitrogens is 1. The van der Waals surface area contributed by atoms with E-state index in [2.05, 4.69) is 67.8 Å². The van der Waals surface area contributed by atoms with Crippen molar-refractivity contribution in [2.45, 2.75) is 199 Å². The molecule has 322 valence electrons. The fraction of sp³-hybridized carbons (Fsp3) is 0.804. The van der Waals surface area contributed by atoms with Gasteiger partial charge in [0.15, 0.2) is 0 Å². The average molecular weight is 795 g/mol. The first-order chi connectivity index (χ1) is 26.5. The average Bonchev–Trinajstić information content (AvgIpc) is 3.13. The van der Waals surface area contributed by atoms with Gasteiger partial charge < -0.3 is 28.8 Å². The van der Waals surface area contributed by atoms with Gasteiger partial charge in [-0.25, -0.2) is 0 Å². The van der Waals surface area contributed by atoms with Crippen LogP contribution >= 0.6 is 7.82 Å². The number of rotatable bonds is 40. The number of allylic oxidation sites excluding steroid dienone is 8. The first-order valence-electron chi connectivity index (χ1n) is 22.5. The van der Waals surface area contributed by atoms with Crippen molar-refractivity contribution in [3.8, 4) is 0 Å². The smallest absolute Gasteiger partial charge is 0.268 e. The van der Waals surface area contributed by atoms with E-state index in [1.54, 1.807) is 0 Å². The van der Waals surface area contributed by atoms with Crippen molar-refractivity contribution < 1.29 is 32.9 Å². The molecule has 0 radical (unpaired) electrons. The number of carbonyl (C=O) groups is 1. The maximum Gasteiger partial charge on any atom is 0.268 e. The molecule has 3 unspecified atom stereocenters. The maximum atomic E-state index is 12.7. The Morgan fingerprint density at radius 2 is 1.11 bits per heavy atom. The zero-order valence-electron chi connectivity index (χ0n) is 36.4. The molecule has 0 fully saturated rings. The molecule has 0 heterocycles. The molecule has 0 aliphatic carbocycles. The first-order valence-corrected chi connectivity index (χ1v) is 23.9. The summed E-state index contributed by atoms with van der Waals surface area (Å²) in [5.41, 5.74) is 0. The van der Waals surface area contributed by atoms with Crippen LogP contribution < -0.4 is 10.2 Å². The molecule has 0 aromatic rings. The van der Waals surface area contributed by atoms with E-state index in [-0.39, 0.29) is 19.1 Å². The van der Waals surface area contributed by atoms with Crippen LogP contribution in [0, 0.1) is 0 Å². The summed E-state index contributed by atoms with van der Waals surface area (Å²) in [6.07, 6.45) is 47.7. The lowest BCUT2D eigenvalue weighted by molar-refractivity contribution is -0.870. The van der Waals surface area contributed by atoms with Crippen LogP contribution in [-0.2, 0) is 18.4 Å². The Balaban J connectivity index is 3.86. The number of phosphoric ester groups is 1. The molecule has 0 saturated heterocycles. The van der Waals surface area contributed by atoms with Gasteiger partial charge in [0.1, 0.15) is 13.2 Å². The summed E-state index contributed by atoms with van der Waals surface area (Å²) in [5.74, 6) is -0.175. The monoisotopic (exact) mass is 795 g/mol. The molecule has 8 nitrogen and oxygen atoms in total. The minimum Gasteiger partial charge on any atom is -0.756 e. The largest absolute Gasteiger partial charge is 0.756 e. The molecular weight excluding hydrogens is 707 g/mol. The number of aliphatic hydroxyl groups is 1. The van der Waals surface area contributed by atoms with Gasteiger partial charge in [0.2, 0.25) is 5.91 Å². The minimum atomic E-state index is -4.54. The highest BCUT2D eigenvalue weighted by Gasteiger charge is 2.24. The normalized spacial score (nSPS) is 14.8. The molecule has 2 N–H and O–H groups in total. The molecule has 0 bridgehead atoms. The zero-order valence-corrected chi connectivity index (χ0v) is 37.3. The number of amides is 1. The predicted molar refractivity (Wildman–Crippen MR) is 233 cm³/mol. The third-order valence-electron chi connectivity index (χ3n) is 9.83. The van der Waals surface area contributed by atoms with Crippen molar-refractivity contribution >= 4 is 13.7 Å². The van der Waals surface area contributed by atoms with E-state index < -0.39 is 20.0 Å². The van der Waals surface area contributed by atoms with Crippen LogP contribution in [0.3, 0.4) is 0 Å². The summed E-state index contributed by atoms with van der Waals surface area (Å²) >= 11 is 0. The van der Waals surface area contributed by atoms with Gasteiger partial charge in [0.05, 0.1) is 39.9 Å². The fourth-order valence-corrected chi connectivity index (χ4v) is 6.99. The molecule has 0 aromatic carbocycles. The van der Waals surface area contributed by atoms with Gasteiger partial charge in [0.25, 0.3) is 7.82 Å². The Hall–Kier alpha value is -1.54. The summed E-state index contributed by atoms with van der Waals surface area (Å²) in [7, 11) is 1.30. The molecule has 0 aliphatic rings. The number of nitrogens with zero attached hydrogens (tertiary/aromatic N) is 1. The standard InChI is InChI=1S/C46H87N2O6P/c1-6-8-10-12-13-14-15-16-17-18-19-20-21-22-23-24-25-26-27-28-29-30-31-32-33-34-35-36-38-40-46(50)47-44(45(49)39-37-11-9-7-2)43-54-55(51,52)53-42-41-48(3,4)5/h8,10,13-14,16-17,19-20,44-45,49H,6-7,9,11-12,15,18,21-43H2,1-5H3,(H-,47,50,51,52)/b10-8-,14-13-,17-16-,20-19-. The molecule has 0 spiro atoms. The zero-order chi connectivity index (χ0) is 40.7. The fourth-order valence-electron chi connectivity index (χ4n) is 6.26. The Morgan fingerprint density at radius 1 is 0.655 bits per heavy atom. The maximum absolute atomic E-state index is 12.7. The highest BCUT2D eigenvalue weighted by Crippen LogP contribution is 2.38. The second-order valence-corrected chi connectivity index (χ2v) is 17.8. The summed E-state index contributed by atoms with van der Waals surface area (Å²) in [4.78, 5) is 25.0. The second-order valence-electron chi connectivity index (χ2n) is 16.4. The van der Waals surface area contributed by atoms with E-state index in [1.807, 2.05) is 21.1 Å². The van der Waals surface area contributed by atoms with E-state index in [4.69, 9.17) is 9.05 Å². The number of aliphatic hydroxyl groups excluding tert-OH is 1. The van der Waals surface area contributed by atoms with Crippen LogP contribution in [-0.4, -0.2) is 68.5 Å². The molecule has 0 aromatic heterocycles. The lowest BCUT2D eigenvalue weighted by Gasteiger charge is -2.30. The van der Waals surface area contributed by atoms with Crippen LogP contribution in [0.2, 0.25) is 0 Å². The summed E-state index contributed by atoms with van der Waals surface area (Å²) in [6, 6.07) is -0.796. The molecule has 1 amide bonds. The van der Waals surface area contributed by atoms with Crippen molar-refractivity contribution in [2.24, 2.45) is 0 Å². The SMILES string of the molecule is CC/C=C\C/C=C\C/C=C\C/C=C\CCCCCCCCCCCCCCCCCCC(=O)NC(COP(=O)([O-])OCC[N+](C)(C)C)C(O)CCCCCC. The van der Waals surface area contributed by atoms with E-state index in [0.29, 0.717) is 23.9 Å². The van der Waals surface area contributed by atoms with Gasteiger partial charge in [-0.05, 0) is 51.4 Å². The van der Waals surface area contributed by atoms with Crippen LogP contribution in [0.4, 0.5) is 0 Å². The Labute approximate surface area is 339 Å². The quantitative estimate of drug-likeness (QED) is 0.0277. The number of likely N-dealkylation sites (N-methyl/N-ethyl adjacent to an activating group) is 1. The molecular formula is C46H87N2O6P. The Bertz CT molecular complexity index is 1040. The van der Waals surface area contributed by atoms with Crippen LogP contribution in [0.15, 0.2) is 48.6 Å². The Kier molecular flexibility index (Phi) is 36.9. The van der Waals surface area contributed by atoms with Gasteiger partial charge in [-0.15, -0.1) is 0 Å². The third kappa shape index (κ3) is 40.5. The van der Waals surface area contributed by atoms with E-state index in [9.17, 15) is 19.4 Å². The van der Waals surface area contributed by atoms with E-state index in [0.717, 1.165) is 70.6 Å². The Morgan fingerprint density at radius 3 is 1.60 bits per heavy atom. The lowest BCUT2D eigenvalue weighted by Crippen LogP contribution is -2.46. The topological polar surface area (TPSA) is 108 Å². The molecule has 0 saturated carbocycles. The van der Waals surface area contributed by atoms with Gasteiger partial charge in [-0.1, -0.05) is 178 Å². The number of hydrogen-bond acceptors (Lipinski definition) is 6. The lowest BCUT2D eigenvalue weighted by atomic mass is 10.0. The van der Waals surface area contributed by atoms with Crippen molar-refractivity contribution in [3.05, 3.63) is 48.6 Å². The summed E-state index contributed by atoms with van der Waals surface area (Å²) in [6.45, 7) is 4.47. The number of carbonyl (C=O) groups excluding carboxylic acids is 1. The van der Waals surface area contributed by atoms with Crippen LogP contribution in [0.5, 0.6) is 0 Å². The summed E-state index contributed by atoms with van der Waals surface area (Å²) < 4.78 is 23.0. The van der Waals surface area contributed by atoms with Crippen LogP contribution in [0.25, 0.3) is 0 Å². The second kappa shape index (κ2) is 38.0. The van der Waals surface area contributed by atoms with Crippen molar-refractivity contribution in [1.29, 1.82) is 0 Å². The number of nitrogens with one attached hydrogen (secondary N) is 1. The minimum absolute atomic E-state index is 0.0104. The van der Waals surface area contributed by atoms with Crippen LogP contribution in [0.1, 0.15) is 187 Å². The van der Waals surface area contributed by atoms with Gasteiger partial charge in [-0.2, -0.15) is 0 Å². The molecule has 55 heavy (non-hydrogen) atoms. The van der Waals surface area contributed by atoms with Gasteiger partial charge >= 0.3 is 0 Å². The third-order valence-corrected chi connectivity index (χ3v) is 10.8. The number of phosphoric acid groups is 1. The molecule has 0 rings (SSSR count). The van der Waals surface area contributed by atoms with Crippen molar-refractivity contribution in [2.75, 3.05) is 40.9 Å². The van der Waals surface area contributed by atoms with E-state index in [1.165, 1.54) is 89.9 Å². The number of unbranched alkanes of at least 4 members (excludes halogenated alkanes) is 19. The molecule has 9 heteroatoms. The van der Waals surface area contributed by atoms with Gasteiger partial charge in [-0.3, -0.25) is 9.36 Å². The highest BCUT2D eigenvalue weighted by atomic mass is 31.2. The van der Waals surface area contributed by atoms with Crippen molar-refractivity contribution in [3.63, 3.8) is 0 Å². The summed E-state index contributed by atoms with van der Waals surface area (Å²) in [5, 5.41) is 13.6. The van der Waals surface area contributed by atoms with E-state index >= 15 is 0 Å².